The summed E-state index contributed by atoms with van der Waals surface area (Å²) in [6, 6.07) is 12.0. The molecule has 0 bridgehead atoms. The van der Waals surface area contributed by atoms with E-state index in [0.29, 0.717) is 34.1 Å². The third-order valence-corrected chi connectivity index (χ3v) is 2.60. The molecule has 0 amide bonds. The Labute approximate surface area is 110 Å². The van der Waals surface area contributed by atoms with Crippen LogP contribution in [0, 0.1) is 0 Å². The molecule has 92 valence electrons. The van der Waals surface area contributed by atoms with Crippen LogP contribution < -0.4 is 9.47 Å². The third-order valence-electron chi connectivity index (χ3n) is 2.37. The molecule has 0 atom stereocenters. The Morgan fingerprint density at radius 3 is 2.61 bits per heavy atom. The zero-order chi connectivity index (χ0) is 13.0. The quantitative estimate of drug-likeness (QED) is 0.783. The van der Waals surface area contributed by atoms with Crippen molar-refractivity contribution in [1.82, 2.24) is 0 Å². The number of carbonyl (C=O) groups is 1. The molecule has 0 unspecified atom stereocenters. The van der Waals surface area contributed by atoms with Gasteiger partial charge in [-0.25, -0.2) is 0 Å². The molecule has 0 aliphatic heterocycles. The Morgan fingerprint density at radius 2 is 1.89 bits per heavy atom. The van der Waals surface area contributed by atoms with Gasteiger partial charge in [0.15, 0.2) is 6.29 Å². The molecule has 0 heterocycles. The highest BCUT2D eigenvalue weighted by Crippen LogP contribution is 2.28. The van der Waals surface area contributed by atoms with Crippen molar-refractivity contribution in [2.45, 2.75) is 0 Å². The first-order valence-electron chi connectivity index (χ1n) is 5.29. The molecule has 2 aromatic carbocycles. The van der Waals surface area contributed by atoms with Crippen LogP contribution in [-0.2, 0) is 0 Å². The van der Waals surface area contributed by atoms with Crippen LogP contribution in [0.5, 0.6) is 17.2 Å². The van der Waals surface area contributed by atoms with Crippen molar-refractivity contribution in [3.8, 4) is 17.2 Å². The maximum absolute atomic E-state index is 10.9. The highest BCUT2D eigenvalue weighted by atomic mass is 35.5. The summed E-state index contributed by atoms with van der Waals surface area (Å²) >= 11 is 5.81. The van der Waals surface area contributed by atoms with Crippen LogP contribution in [0.3, 0.4) is 0 Å². The molecule has 0 aliphatic carbocycles. The summed E-state index contributed by atoms with van der Waals surface area (Å²) in [5.74, 6) is 1.75. The molecule has 0 saturated heterocycles. The number of ether oxygens (including phenoxy) is 2. The smallest absolute Gasteiger partial charge is 0.153 e. The Bertz CT molecular complexity index is 567. The Balaban J connectivity index is 2.30. The highest BCUT2D eigenvalue weighted by Gasteiger charge is 2.05. The number of hydrogen-bond donors (Lipinski definition) is 0. The van der Waals surface area contributed by atoms with E-state index in [0.717, 1.165) is 0 Å². The number of rotatable bonds is 4. The van der Waals surface area contributed by atoms with Gasteiger partial charge in [0.25, 0.3) is 0 Å². The van der Waals surface area contributed by atoms with Crippen LogP contribution >= 0.6 is 11.6 Å². The summed E-state index contributed by atoms with van der Waals surface area (Å²) in [5, 5.41) is 0.495. The average molecular weight is 263 g/mol. The van der Waals surface area contributed by atoms with E-state index in [9.17, 15) is 4.79 Å². The number of benzene rings is 2. The van der Waals surface area contributed by atoms with E-state index in [4.69, 9.17) is 21.1 Å². The summed E-state index contributed by atoms with van der Waals surface area (Å²) in [6.07, 6.45) is 0.710. The topological polar surface area (TPSA) is 35.5 Å². The lowest BCUT2D eigenvalue weighted by Gasteiger charge is -2.09. The van der Waals surface area contributed by atoms with Crippen molar-refractivity contribution in [1.29, 1.82) is 0 Å². The van der Waals surface area contributed by atoms with Crippen molar-refractivity contribution in [2.24, 2.45) is 0 Å². The molecule has 0 N–H and O–H groups in total. The minimum atomic E-state index is 0.408. The summed E-state index contributed by atoms with van der Waals surface area (Å²) in [4.78, 5) is 10.9. The normalized spacial score (nSPS) is 9.89. The van der Waals surface area contributed by atoms with Crippen LogP contribution in [-0.4, -0.2) is 13.4 Å². The van der Waals surface area contributed by atoms with E-state index >= 15 is 0 Å². The molecule has 2 rings (SSSR count). The maximum Gasteiger partial charge on any atom is 0.153 e. The van der Waals surface area contributed by atoms with Crippen LogP contribution in [0.4, 0.5) is 0 Å². The Morgan fingerprint density at radius 1 is 1.11 bits per heavy atom. The van der Waals surface area contributed by atoms with E-state index in [1.165, 1.54) is 0 Å². The number of aldehydes is 1. The summed E-state index contributed by atoms with van der Waals surface area (Å²) < 4.78 is 10.7. The lowest BCUT2D eigenvalue weighted by molar-refractivity contribution is 0.112. The molecule has 0 spiro atoms. The second-order valence-corrected chi connectivity index (χ2v) is 4.02. The van der Waals surface area contributed by atoms with Crippen LogP contribution in [0.25, 0.3) is 0 Å². The molecule has 0 fully saturated rings. The maximum atomic E-state index is 10.9. The van der Waals surface area contributed by atoms with Gasteiger partial charge in [0.05, 0.1) is 12.7 Å². The van der Waals surface area contributed by atoms with Crippen molar-refractivity contribution in [3.05, 3.63) is 53.1 Å². The first-order chi connectivity index (χ1) is 8.72. The third kappa shape index (κ3) is 2.81. The predicted molar refractivity (Wildman–Crippen MR) is 69.9 cm³/mol. The van der Waals surface area contributed by atoms with Crippen LogP contribution in [0.1, 0.15) is 10.4 Å². The Kier molecular flexibility index (Phi) is 3.85. The van der Waals surface area contributed by atoms with Gasteiger partial charge >= 0.3 is 0 Å². The van der Waals surface area contributed by atoms with Gasteiger partial charge in [-0.1, -0.05) is 17.7 Å². The number of halogens is 1. The molecular formula is C14H11ClO3. The van der Waals surface area contributed by atoms with E-state index in [1.807, 2.05) is 12.1 Å². The molecule has 0 saturated carbocycles. The molecule has 0 radical (unpaired) electrons. The number of carbonyl (C=O) groups excluding carboxylic acids is 1. The molecule has 0 aliphatic rings. The second-order valence-electron chi connectivity index (χ2n) is 3.58. The van der Waals surface area contributed by atoms with Gasteiger partial charge in [0.2, 0.25) is 0 Å². The summed E-state index contributed by atoms with van der Waals surface area (Å²) in [5.41, 5.74) is 0.408. The SMILES string of the molecule is COc1cccc(Oc2ccc(Cl)cc2C=O)c1. The van der Waals surface area contributed by atoms with Gasteiger partial charge in [0, 0.05) is 11.1 Å². The van der Waals surface area contributed by atoms with Crippen LogP contribution in [0.15, 0.2) is 42.5 Å². The second kappa shape index (κ2) is 5.56. The largest absolute Gasteiger partial charge is 0.497 e. The summed E-state index contributed by atoms with van der Waals surface area (Å²) in [6.45, 7) is 0. The minimum absolute atomic E-state index is 0.408. The monoisotopic (exact) mass is 262 g/mol. The fraction of sp³-hybridized carbons (Fsp3) is 0.0714. The molecule has 0 aromatic heterocycles. The lowest BCUT2D eigenvalue weighted by atomic mass is 10.2. The van der Waals surface area contributed by atoms with Gasteiger partial charge < -0.3 is 9.47 Å². The fourth-order valence-corrected chi connectivity index (χ4v) is 1.68. The van der Waals surface area contributed by atoms with E-state index < -0.39 is 0 Å². The molecule has 18 heavy (non-hydrogen) atoms. The molecule has 4 heteroatoms. The summed E-state index contributed by atoms with van der Waals surface area (Å²) in [7, 11) is 1.58. The van der Waals surface area contributed by atoms with Gasteiger partial charge in [0.1, 0.15) is 17.2 Å². The zero-order valence-electron chi connectivity index (χ0n) is 9.72. The van der Waals surface area contributed by atoms with Gasteiger partial charge in [-0.15, -0.1) is 0 Å². The molecule has 2 aromatic rings. The van der Waals surface area contributed by atoms with Gasteiger partial charge in [-0.3, -0.25) is 4.79 Å². The fourth-order valence-electron chi connectivity index (χ4n) is 1.50. The average Bonchev–Trinajstić information content (AvgIpc) is 2.41. The van der Waals surface area contributed by atoms with Crippen molar-refractivity contribution >= 4 is 17.9 Å². The number of methoxy groups -OCH3 is 1. The van der Waals surface area contributed by atoms with Crippen LogP contribution in [0.2, 0.25) is 5.02 Å². The first kappa shape index (κ1) is 12.5. The number of hydrogen-bond acceptors (Lipinski definition) is 3. The van der Waals surface area contributed by atoms with Crippen molar-refractivity contribution < 1.29 is 14.3 Å². The predicted octanol–water partition coefficient (Wildman–Crippen LogP) is 3.95. The van der Waals surface area contributed by atoms with Crippen molar-refractivity contribution in [3.63, 3.8) is 0 Å². The molecular weight excluding hydrogens is 252 g/mol. The van der Waals surface area contributed by atoms with Gasteiger partial charge in [-0.05, 0) is 30.3 Å². The van der Waals surface area contributed by atoms with Crippen molar-refractivity contribution in [2.75, 3.05) is 7.11 Å². The lowest BCUT2D eigenvalue weighted by Crippen LogP contribution is -1.91. The molecule has 3 nitrogen and oxygen atoms in total. The van der Waals surface area contributed by atoms with Gasteiger partial charge in [-0.2, -0.15) is 0 Å². The Hall–Kier alpha value is -2.00. The highest BCUT2D eigenvalue weighted by molar-refractivity contribution is 6.30. The zero-order valence-corrected chi connectivity index (χ0v) is 10.5. The standard InChI is InChI=1S/C14H11ClO3/c1-17-12-3-2-4-13(8-12)18-14-6-5-11(15)7-10(14)9-16/h2-9H,1H3. The van der Waals surface area contributed by atoms with E-state index in [-0.39, 0.29) is 0 Å². The van der Waals surface area contributed by atoms with E-state index in [1.54, 1.807) is 37.4 Å². The minimum Gasteiger partial charge on any atom is -0.497 e. The van der Waals surface area contributed by atoms with E-state index in [2.05, 4.69) is 0 Å². The first-order valence-corrected chi connectivity index (χ1v) is 5.67.